The Morgan fingerprint density at radius 2 is 1.93 bits per heavy atom. The molecule has 0 aliphatic rings. The third-order valence-electron chi connectivity index (χ3n) is 4.33. The predicted octanol–water partition coefficient (Wildman–Crippen LogP) is 2.25. The molecule has 2 rings (SSSR count). The van der Waals surface area contributed by atoms with Crippen LogP contribution >= 0.6 is 12.4 Å². The maximum atomic E-state index is 12.6. The number of benzene rings is 1. The zero-order valence-corrected chi connectivity index (χ0v) is 16.4. The van der Waals surface area contributed by atoms with Gasteiger partial charge in [-0.2, -0.15) is 5.10 Å². The Balaban J connectivity index is 0.00000364. The molecule has 2 aromatic rings. The molecule has 148 valence electrons. The van der Waals surface area contributed by atoms with Gasteiger partial charge in [0.1, 0.15) is 11.4 Å². The molecule has 0 radical (unpaired) electrons. The van der Waals surface area contributed by atoms with E-state index in [0.29, 0.717) is 37.6 Å². The van der Waals surface area contributed by atoms with Crippen LogP contribution in [0.15, 0.2) is 30.3 Å². The fourth-order valence-corrected chi connectivity index (χ4v) is 2.95. The van der Waals surface area contributed by atoms with Crippen molar-refractivity contribution in [2.24, 2.45) is 5.73 Å². The van der Waals surface area contributed by atoms with Crippen molar-refractivity contribution in [2.75, 3.05) is 19.6 Å². The molecular weight excluding hydrogens is 370 g/mol. The van der Waals surface area contributed by atoms with Crippen LogP contribution < -0.4 is 5.73 Å². The summed E-state index contributed by atoms with van der Waals surface area (Å²) in [5.41, 5.74) is 7.65. The van der Waals surface area contributed by atoms with Gasteiger partial charge in [0, 0.05) is 26.1 Å². The van der Waals surface area contributed by atoms with Crippen LogP contribution in [-0.4, -0.2) is 45.1 Å². The van der Waals surface area contributed by atoms with E-state index >= 15 is 0 Å². The number of nitro groups is 1. The molecule has 9 heteroatoms. The number of carbonyl (C=O) groups excluding carboxylic acids is 1. The van der Waals surface area contributed by atoms with Gasteiger partial charge in [-0.25, -0.2) is 0 Å². The van der Waals surface area contributed by atoms with Crippen molar-refractivity contribution < 1.29 is 9.72 Å². The minimum absolute atomic E-state index is 0. The Kier molecular flexibility index (Phi) is 8.90. The maximum Gasteiger partial charge on any atom is 0.312 e. The molecule has 1 amide bonds. The molecule has 0 bridgehead atoms. The molecule has 1 aromatic heterocycles. The largest absolute Gasteiger partial charge is 0.341 e. The van der Waals surface area contributed by atoms with Crippen LogP contribution in [0.4, 0.5) is 5.69 Å². The van der Waals surface area contributed by atoms with E-state index in [0.717, 1.165) is 12.0 Å². The normalized spacial score (nSPS) is 10.3. The minimum Gasteiger partial charge on any atom is -0.341 e. The number of carbonyl (C=O) groups is 1. The summed E-state index contributed by atoms with van der Waals surface area (Å²) < 4.78 is 1.53. The number of nitrogens with zero attached hydrogens (tertiary/aromatic N) is 4. The minimum atomic E-state index is -0.434. The standard InChI is InChI=1S/C18H25N5O3.ClH/c1-14-18(23(25)26)15(2)22(20-14)12-9-17(24)21(13-10-19)11-8-16-6-4-3-5-7-16;/h3-7H,8-13,19H2,1-2H3;1H. The number of hydrogen-bond donors (Lipinski definition) is 1. The van der Waals surface area contributed by atoms with Crippen molar-refractivity contribution in [2.45, 2.75) is 33.2 Å². The third-order valence-corrected chi connectivity index (χ3v) is 4.33. The fraction of sp³-hybridized carbons (Fsp3) is 0.444. The first-order valence-electron chi connectivity index (χ1n) is 8.64. The van der Waals surface area contributed by atoms with E-state index in [9.17, 15) is 14.9 Å². The van der Waals surface area contributed by atoms with Crippen molar-refractivity contribution in [3.05, 3.63) is 57.4 Å². The predicted molar refractivity (Wildman–Crippen MR) is 106 cm³/mol. The highest BCUT2D eigenvalue weighted by Gasteiger charge is 2.22. The van der Waals surface area contributed by atoms with E-state index in [2.05, 4.69) is 5.10 Å². The fourth-order valence-electron chi connectivity index (χ4n) is 2.95. The lowest BCUT2D eigenvalue weighted by atomic mass is 10.1. The highest BCUT2D eigenvalue weighted by atomic mass is 35.5. The van der Waals surface area contributed by atoms with Crippen molar-refractivity contribution >= 4 is 24.0 Å². The zero-order chi connectivity index (χ0) is 19.1. The van der Waals surface area contributed by atoms with Gasteiger partial charge >= 0.3 is 5.69 Å². The summed E-state index contributed by atoms with van der Waals surface area (Å²) in [6, 6.07) is 9.96. The molecule has 0 fully saturated rings. The lowest BCUT2D eigenvalue weighted by Gasteiger charge is -2.22. The Bertz CT molecular complexity index is 764. The second-order valence-electron chi connectivity index (χ2n) is 6.15. The zero-order valence-electron chi connectivity index (χ0n) is 15.6. The molecule has 0 aliphatic heterocycles. The Hall–Kier alpha value is -2.45. The molecular formula is C18H26ClN5O3. The van der Waals surface area contributed by atoms with Gasteiger partial charge in [0.05, 0.1) is 11.5 Å². The molecule has 0 aliphatic carbocycles. The van der Waals surface area contributed by atoms with Gasteiger partial charge in [-0.15, -0.1) is 12.4 Å². The summed E-state index contributed by atoms with van der Waals surface area (Å²) in [4.78, 5) is 24.9. The number of rotatable bonds is 9. The molecule has 1 aromatic carbocycles. The first-order chi connectivity index (χ1) is 12.4. The summed E-state index contributed by atoms with van der Waals surface area (Å²) in [7, 11) is 0. The third kappa shape index (κ3) is 6.04. The van der Waals surface area contributed by atoms with E-state index in [1.165, 1.54) is 4.68 Å². The van der Waals surface area contributed by atoms with Crippen LogP contribution in [-0.2, 0) is 17.8 Å². The Morgan fingerprint density at radius 1 is 1.26 bits per heavy atom. The van der Waals surface area contributed by atoms with E-state index in [1.54, 1.807) is 18.7 Å². The van der Waals surface area contributed by atoms with Gasteiger partial charge < -0.3 is 10.6 Å². The van der Waals surface area contributed by atoms with Gasteiger partial charge in [-0.1, -0.05) is 30.3 Å². The van der Waals surface area contributed by atoms with Gasteiger partial charge in [-0.05, 0) is 25.8 Å². The quantitative estimate of drug-likeness (QED) is 0.517. The molecule has 0 saturated carbocycles. The number of aryl methyl sites for hydroxylation is 2. The summed E-state index contributed by atoms with van der Waals surface area (Å²) in [6.07, 6.45) is 0.992. The second kappa shape index (κ2) is 10.6. The summed E-state index contributed by atoms with van der Waals surface area (Å²) in [6.45, 7) is 5.04. The van der Waals surface area contributed by atoms with Crippen molar-refractivity contribution in [1.29, 1.82) is 0 Å². The molecule has 8 nitrogen and oxygen atoms in total. The van der Waals surface area contributed by atoms with E-state index in [4.69, 9.17) is 5.73 Å². The topological polar surface area (TPSA) is 107 Å². The number of amides is 1. The molecule has 2 N–H and O–H groups in total. The number of nitrogens with two attached hydrogens (primary N) is 1. The van der Waals surface area contributed by atoms with Gasteiger partial charge in [0.2, 0.25) is 5.91 Å². The number of aromatic nitrogens is 2. The van der Waals surface area contributed by atoms with Crippen LogP contribution in [0.3, 0.4) is 0 Å². The highest BCUT2D eigenvalue weighted by Crippen LogP contribution is 2.21. The van der Waals surface area contributed by atoms with Gasteiger partial charge in [-0.3, -0.25) is 19.6 Å². The van der Waals surface area contributed by atoms with Crippen LogP contribution in [0.25, 0.3) is 0 Å². The Morgan fingerprint density at radius 3 is 2.48 bits per heavy atom. The van der Waals surface area contributed by atoms with Crippen LogP contribution in [0.5, 0.6) is 0 Å². The molecule has 0 atom stereocenters. The summed E-state index contributed by atoms with van der Waals surface area (Å²) in [5, 5.41) is 15.3. The van der Waals surface area contributed by atoms with E-state index < -0.39 is 4.92 Å². The maximum absolute atomic E-state index is 12.6. The van der Waals surface area contributed by atoms with Crippen molar-refractivity contribution in [1.82, 2.24) is 14.7 Å². The SMILES string of the molecule is Cc1nn(CCC(=O)N(CCN)CCc2ccccc2)c(C)c1[N+](=O)[O-].Cl. The average molecular weight is 396 g/mol. The Labute approximate surface area is 164 Å². The molecule has 0 saturated heterocycles. The summed E-state index contributed by atoms with van der Waals surface area (Å²) in [5.74, 6) is -0.0263. The van der Waals surface area contributed by atoms with Gasteiger partial charge in [0.25, 0.3) is 0 Å². The number of hydrogen-bond acceptors (Lipinski definition) is 5. The smallest absolute Gasteiger partial charge is 0.312 e. The van der Waals surface area contributed by atoms with Crippen molar-refractivity contribution in [3.8, 4) is 0 Å². The lowest BCUT2D eigenvalue weighted by Crippen LogP contribution is -2.37. The molecule has 27 heavy (non-hydrogen) atoms. The molecule has 0 unspecified atom stereocenters. The van der Waals surface area contributed by atoms with Gasteiger partial charge in [0.15, 0.2) is 0 Å². The van der Waals surface area contributed by atoms with Crippen LogP contribution in [0.2, 0.25) is 0 Å². The van der Waals surface area contributed by atoms with Crippen molar-refractivity contribution in [3.63, 3.8) is 0 Å². The van der Waals surface area contributed by atoms with Crippen LogP contribution in [0.1, 0.15) is 23.4 Å². The second-order valence-corrected chi connectivity index (χ2v) is 6.15. The van der Waals surface area contributed by atoms with E-state index in [-0.39, 0.29) is 30.4 Å². The number of halogens is 1. The molecule has 0 spiro atoms. The average Bonchev–Trinajstić information content (AvgIpc) is 2.91. The van der Waals surface area contributed by atoms with E-state index in [1.807, 2.05) is 30.3 Å². The monoisotopic (exact) mass is 395 g/mol. The molecule has 1 heterocycles. The lowest BCUT2D eigenvalue weighted by molar-refractivity contribution is -0.386. The first-order valence-corrected chi connectivity index (χ1v) is 8.64. The first kappa shape index (κ1) is 22.6. The van der Waals surface area contributed by atoms with Crippen LogP contribution in [0, 0.1) is 24.0 Å². The highest BCUT2D eigenvalue weighted by molar-refractivity contribution is 5.85. The summed E-state index contributed by atoms with van der Waals surface area (Å²) >= 11 is 0.